The zero-order chi connectivity index (χ0) is 19.2. The molecule has 0 aliphatic heterocycles. The Labute approximate surface area is 157 Å². The number of anilines is 1. The van der Waals surface area contributed by atoms with Crippen molar-refractivity contribution in [2.24, 2.45) is 0 Å². The molecule has 4 nitrogen and oxygen atoms in total. The first-order valence-corrected chi connectivity index (χ1v) is 11.0. The summed E-state index contributed by atoms with van der Waals surface area (Å²) < 4.78 is 28.1. The van der Waals surface area contributed by atoms with Gasteiger partial charge >= 0.3 is 0 Å². The Morgan fingerprint density at radius 3 is 2.12 bits per heavy atom. The van der Waals surface area contributed by atoms with Gasteiger partial charge in [-0.25, -0.2) is 8.42 Å². The summed E-state index contributed by atoms with van der Waals surface area (Å²) >= 11 is 0. The van der Waals surface area contributed by atoms with Crippen LogP contribution in [-0.4, -0.2) is 34.1 Å². The fraction of sp³-hybridized carbons (Fsp3) is 0.429. The fourth-order valence-corrected chi connectivity index (χ4v) is 3.49. The smallest absolute Gasteiger partial charge is 0.147 e. The molecule has 0 saturated carbocycles. The molecule has 0 amide bonds. The highest BCUT2D eigenvalue weighted by atomic mass is 32.2. The molecule has 5 heteroatoms. The second kappa shape index (κ2) is 9.08. The first-order valence-electron chi connectivity index (χ1n) is 8.94. The van der Waals surface area contributed by atoms with Gasteiger partial charge in [0.05, 0.1) is 12.9 Å². The lowest BCUT2D eigenvalue weighted by molar-refractivity contribution is 0.415. The molecule has 0 heterocycles. The maximum Gasteiger partial charge on any atom is 0.147 e. The van der Waals surface area contributed by atoms with E-state index in [0.717, 1.165) is 18.0 Å². The molecule has 0 aliphatic carbocycles. The molecule has 142 valence electrons. The molecular formula is C21H29NO3S. The van der Waals surface area contributed by atoms with Crippen LogP contribution in [0.25, 0.3) is 0 Å². The minimum absolute atomic E-state index is 0.200. The van der Waals surface area contributed by atoms with E-state index in [2.05, 4.69) is 43.0 Å². The molecule has 0 radical (unpaired) electrons. The quantitative estimate of drug-likeness (QED) is 0.657. The first kappa shape index (κ1) is 20.3. The van der Waals surface area contributed by atoms with Crippen LogP contribution in [0, 0.1) is 0 Å². The van der Waals surface area contributed by atoms with Crippen LogP contribution in [0.2, 0.25) is 0 Å². The minimum Gasteiger partial charge on any atom is -0.497 e. The molecule has 0 saturated heterocycles. The summed E-state index contributed by atoms with van der Waals surface area (Å²) in [6.07, 6.45) is 1.89. The van der Waals surface area contributed by atoms with E-state index >= 15 is 0 Å². The maximum absolute atomic E-state index is 11.5. The van der Waals surface area contributed by atoms with Crippen molar-refractivity contribution in [2.45, 2.75) is 32.7 Å². The highest BCUT2D eigenvalue weighted by Crippen LogP contribution is 2.22. The van der Waals surface area contributed by atoms with Crippen LogP contribution in [0.3, 0.4) is 0 Å². The predicted molar refractivity (Wildman–Crippen MR) is 109 cm³/mol. The number of ether oxygens (including phenoxy) is 1. The summed E-state index contributed by atoms with van der Waals surface area (Å²) in [5, 5.41) is 0. The van der Waals surface area contributed by atoms with Gasteiger partial charge in [0.2, 0.25) is 0 Å². The average Bonchev–Trinajstić information content (AvgIpc) is 2.60. The van der Waals surface area contributed by atoms with Crippen LogP contribution in [0.5, 0.6) is 5.75 Å². The largest absolute Gasteiger partial charge is 0.497 e. The maximum atomic E-state index is 11.5. The minimum atomic E-state index is -2.95. The van der Waals surface area contributed by atoms with Crippen molar-refractivity contribution in [3.8, 4) is 5.75 Å². The normalized spacial score (nSPS) is 11.6. The van der Waals surface area contributed by atoms with Crippen molar-refractivity contribution in [1.82, 2.24) is 0 Å². The number of hydrogen-bond acceptors (Lipinski definition) is 4. The van der Waals surface area contributed by atoms with Gasteiger partial charge in [-0.15, -0.1) is 0 Å². The lowest BCUT2D eigenvalue weighted by atomic mass is 10.0. The molecule has 0 bridgehead atoms. The van der Waals surface area contributed by atoms with Crippen molar-refractivity contribution < 1.29 is 13.2 Å². The fourth-order valence-electron chi connectivity index (χ4n) is 2.84. The number of rotatable bonds is 9. The van der Waals surface area contributed by atoms with Crippen LogP contribution in [0.4, 0.5) is 5.69 Å². The van der Waals surface area contributed by atoms with Crippen LogP contribution in [0.1, 0.15) is 37.3 Å². The summed E-state index contributed by atoms with van der Waals surface area (Å²) in [4.78, 5) is 2.22. The van der Waals surface area contributed by atoms with E-state index in [1.807, 2.05) is 24.3 Å². The second-order valence-corrected chi connectivity index (χ2v) is 9.26. The summed E-state index contributed by atoms with van der Waals surface area (Å²) in [7, 11) is -1.30. The van der Waals surface area contributed by atoms with E-state index in [0.29, 0.717) is 18.9 Å². The third-order valence-electron chi connectivity index (χ3n) is 4.40. The van der Waals surface area contributed by atoms with Crippen LogP contribution >= 0.6 is 0 Å². The highest BCUT2D eigenvalue weighted by molar-refractivity contribution is 7.90. The molecule has 0 spiro atoms. The monoisotopic (exact) mass is 375 g/mol. The molecule has 2 aromatic rings. The topological polar surface area (TPSA) is 46.6 Å². The molecule has 2 aromatic carbocycles. The Morgan fingerprint density at radius 2 is 1.62 bits per heavy atom. The second-order valence-electron chi connectivity index (χ2n) is 7.00. The van der Waals surface area contributed by atoms with Gasteiger partial charge in [0, 0.05) is 25.0 Å². The van der Waals surface area contributed by atoms with E-state index in [9.17, 15) is 8.42 Å². The number of sulfone groups is 1. The molecule has 26 heavy (non-hydrogen) atoms. The Balaban J connectivity index is 2.15. The molecule has 0 fully saturated rings. The van der Waals surface area contributed by atoms with E-state index in [-0.39, 0.29) is 5.75 Å². The Morgan fingerprint density at radius 1 is 1.00 bits per heavy atom. The standard InChI is InChI=1S/C21H29NO3S/c1-17(2)19-8-6-18(7-9-19)16-22(14-5-15-26(4,23)24)20-10-12-21(25-3)13-11-20/h6-13,17H,5,14-16H2,1-4H3. The van der Waals surface area contributed by atoms with Gasteiger partial charge in [-0.1, -0.05) is 38.1 Å². The zero-order valence-corrected chi connectivity index (χ0v) is 16.9. The summed E-state index contributed by atoms with van der Waals surface area (Å²) in [6, 6.07) is 16.5. The van der Waals surface area contributed by atoms with Gasteiger partial charge in [-0.2, -0.15) is 0 Å². The van der Waals surface area contributed by atoms with Crippen molar-refractivity contribution in [3.05, 3.63) is 59.7 Å². The van der Waals surface area contributed by atoms with Gasteiger partial charge in [0.25, 0.3) is 0 Å². The molecule has 0 N–H and O–H groups in total. The van der Waals surface area contributed by atoms with Gasteiger partial charge in [0.1, 0.15) is 15.6 Å². The predicted octanol–water partition coefficient (Wildman–Crippen LogP) is 4.26. The highest BCUT2D eigenvalue weighted by Gasteiger charge is 2.10. The van der Waals surface area contributed by atoms with Gasteiger partial charge in [-0.3, -0.25) is 0 Å². The summed E-state index contributed by atoms with van der Waals surface area (Å²) in [5.41, 5.74) is 3.60. The summed E-state index contributed by atoms with van der Waals surface area (Å²) in [5.74, 6) is 1.52. The van der Waals surface area contributed by atoms with E-state index in [1.165, 1.54) is 17.4 Å². The third-order valence-corrected chi connectivity index (χ3v) is 5.43. The van der Waals surface area contributed by atoms with Gasteiger partial charge < -0.3 is 9.64 Å². The Kier molecular flexibility index (Phi) is 7.09. The number of nitrogens with zero attached hydrogens (tertiary/aromatic N) is 1. The molecule has 0 aromatic heterocycles. The third kappa shape index (κ3) is 6.37. The lowest BCUT2D eigenvalue weighted by Crippen LogP contribution is -2.25. The zero-order valence-electron chi connectivity index (χ0n) is 16.1. The van der Waals surface area contributed by atoms with Crippen molar-refractivity contribution in [3.63, 3.8) is 0 Å². The number of benzene rings is 2. The SMILES string of the molecule is COc1ccc(N(CCCS(C)(=O)=O)Cc2ccc(C(C)C)cc2)cc1. The van der Waals surface area contributed by atoms with Gasteiger partial charge in [-0.05, 0) is 47.7 Å². The summed E-state index contributed by atoms with van der Waals surface area (Å²) in [6.45, 7) is 5.80. The van der Waals surface area contributed by atoms with Crippen LogP contribution < -0.4 is 9.64 Å². The first-order chi connectivity index (χ1) is 12.3. The van der Waals surface area contributed by atoms with Gasteiger partial charge in [0.15, 0.2) is 0 Å². The Bertz CT molecular complexity index is 781. The molecular weight excluding hydrogens is 346 g/mol. The van der Waals surface area contributed by atoms with Crippen LogP contribution in [0.15, 0.2) is 48.5 Å². The van der Waals surface area contributed by atoms with E-state index in [1.54, 1.807) is 7.11 Å². The van der Waals surface area contributed by atoms with Crippen molar-refractivity contribution in [1.29, 1.82) is 0 Å². The van der Waals surface area contributed by atoms with Crippen molar-refractivity contribution >= 4 is 15.5 Å². The number of methoxy groups -OCH3 is 1. The Hall–Kier alpha value is -2.01. The van der Waals surface area contributed by atoms with Crippen LogP contribution in [-0.2, 0) is 16.4 Å². The van der Waals surface area contributed by atoms with Crippen molar-refractivity contribution in [2.75, 3.05) is 30.6 Å². The molecule has 0 atom stereocenters. The molecule has 0 unspecified atom stereocenters. The van der Waals surface area contributed by atoms with E-state index < -0.39 is 9.84 Å². The lowest BCUT2D eigenvalue weighted by Gasteiger charge is -2.25. The number of hydrogen-bond donors (Lipinski definition) is 0. The molecule has 2 rings (SSSR count). The average molecular weight is 376 g/mol. The van der Waals surface area contributed by atoms with E-state index in [4.69, 9.17) is 4.74 Å². The molecule has 0 aliphatic rings.